The van der Waals surface area contributed by atoms with E-state index in [4.69, 9.17) is 9.73 Å². The van der Waals surface area contributed by atoms with E-state index >= 15 is 0 Å². The molecule has 4 heteroatoms. The summed E-state index contributed by atoms with van der Waals surface area (Å²) in [5.41, 5.74) is 0.415. The summed E-state index contributed by atoms with van der Waals surface area (Å²) in [5, 5.41) is 12.9. The summed E-state index contributed by atoms with van der Waals surface area (Å²) in [6.07, 6.45) is 2.66. The monoisotopic (exact) mass is 352 g/mol. The standard InChI is InChI=1S/C22H28N2O2/c1-16(2)22(3,25)13-21-23-20-8-6-5-7-18(20)15-24(21)14-17-9-11-19(26-4)12-10-17/h5-12,15-16,21,25H,13-14H2,1-4H3. The number of para-hydroxylation sites is 1. The SMILES string of the molecule is COc1ccc(CN2C=c3ccccc3=NC2CC(C)(O)C(C)C)cc1. The summed E-state index contributed by atoms with van der Waals surface area (Å²) in [6.45, 7) is 6.74. The van der Waals surface area contributed by atoms with Crippen molar-refractivity contribution in [3.63, 3.8) is 0 Å². The number of methoxy groups -OCH3 is 1. The molecule has 0 saturated carbocycles. The number of fused-ring (bicyclic) bond motifs is 1. The van der Waals surface area contributed by atoms with Crippen molar-refractivity contribution in [1.29, 1.82) is 0 Å². The Hall–Kier alpha value is -2.33. The number of rotatable bonds is 6. The first-order chi connectivity index (χ1) is 12.4. The minimum absolute atomic E-state index is 0.0931. The van der Waals surface area contributed by atoms with Crippen LogP contribution in [0.3, 0.4) is 0 Å². The van der Waals surface area contributed by atoms with E-state index in [1.807, 2.05) is 51.1 Å². The summed E-state index contributed by atoms with van der Waals surface area (Å²) in [4.78, 5) is 7.16. The minimum Gasteiger partial charge on any atom is -0.497 e. The lowest BCUT2D eigenvalue weighted by Gasteiger charge is -2.37. The first-order valence-electron chi connectivity index (χ1n) is 9.15. The van der Waals surface area contributed by atoms with Gasteiger partial charge in [0.1, 0.15) is 11.9 Å². The summed E-state index contributed by atoms with van der Waals surface area (Å²) in [6, 6.07) is 16.3. The van der Waals surface area contributed by atoms with Crippen molar-refractivity contribution >= 4 is 6.20 Å². The van der Waals surface area contributed by atoms with Crippen LogP contribution in [-0.2, 0) is 6.54 Å². The summed E-state index contributed by atoms with van der Waals surface area (Å²) in [5.74, 6) is 1.02. The molecule has 0 saturated heterocycles. The van der Waals surface area contributed by atoms with E-state index in [0.717, 1.165) is 22.9 Å². The third-order valence-electron chi connectivity index (χ3n) is 5.28. The fourth-order valence-corrected chi connectivity index (χ4v) is 3.07. The molecule has 2 aromatic carbocycles. The van der Waals surface area contributed by atoms with Crippen LogP contribution in [0, 0.1) is 5.92 Å². The van der Waals surface area contributed by atoms with Crippen LogP contribution in [-0.4, -0.2) is 28.9 Å². The van der Waals surface area contributed by atoms with E-state index < -0.39 is 5.60 Å². The van der Waals surface area contributed by atoms with Gasteiger partial charge < -0.3 is 14.7 Å². The van der Waals surface area contributed by atoms with Gasteiger partial charge in [0.05, 0.1) is 18.1 Å². The van der Waals surface area contributed by atoms with Gasteiger partial charge in [-0.15, -0.1) is 0 Å². The molecule has 0 fully saturated rings. The molecule has 1 aliphatic heterocycles. The Kier molecular flexibility index (Phi) is 5.33. The van der Waals surface area contributed by atoms with Gasteiger partial charge >= 0.3 is 0 Å². The molecule has 4 nitrogen and oxygen atoms in total. The van der Waals surface area contributed by atoms with E-state index in [0.29, 0.717) is 6.42 Å². The Labute approximate surface area is 155 Å². The lowest BCUT2D eigenvalue weighted by atomic mass is 9.87. The van der Waals surface area contributed by atoms with E-state index in [2.05, 4.69) is 29.3 Å². The van der Waals surface area contributed by atoms with E-state index in [-0.39, 0.29) is 12.1 Å². The predicted octanol–water partition coefficient (Wildman–Crippen LogP) is 2.69. The molecule has 2 atom stereocenters. The van der Waals surface area contributed by atoms with Crippen LogP contribution in [0.15, 0.2) is 53.5 Å². The molecule has 2 unspecified atom stereocenters. The lowest BCUT2D eigenvalue weighted by molar-refractivity contribution is -0.0133. The van der Waals surface area contributed by atoms with Gasteiger partial charge in [0.2, 0.25) is 0 Å². The molecule has 3 rings (SSSR count). The van der Waals surface area contributed by atoms with Gasteiger partial charge in [-0.2, -0.15) is 0 Å². The minimum atomic E-state index is -0.771. The second-order valence-electron chi connectivity index (χ2n) is 7.53. The average Bonchev–Trinajstić information content (AvgIpc) is 2.62. The zero-order valence-corrected chi connectivity index (χ0v) is 16.0. The van der Waals surface area contributed by atoms with Crippen molar-refractivity contribution in [3.05, 3.63) is 64.7 Å². The molecule has 1 N–H and O–H groups in total. The van der Waals surface area contributed by atoms with Crippen molar-refractivity contribution in [2.24, 2.45) is 10.9 Å². The number of nitrogens with zero attached hydrogens (tertiary/aromatic N) is 2. The smallest absolute Gasteiger partial charge is 0.124 e. The zero-order valence-electron chi connectivity index (χ0n) is 16.0. The van der Waals surface area contributed by atoms with Crippen LogP contribution >= 0.6 is 0 Å². The molecular formula is C22H28N2O2. The van der Waals surface area contributed by atoms with E-state index in [1.54, 1.807) is 7.11 Å². The summed E-state index contributed by atoms with van der Waals surface area (Å²) < 4.78 is 5.25. The Morgan fingerprint density at radius 1 is 1.15 bits per heavy atom. The topological polar surface area (TPSA) is 45.1 Å². The molecule has 26 heavy (non-hydrogen) atoms. The molecule has 0 aliphatic carbocycles. The quantitative estimate of drug-likeness (QED) is 0.869. The summed E-state index contributed by atoms with van der Waals surface area (Å²) in [7, 11) is 1.67. The van der Waals surface area contributed by atoms with E-state index in [9.17, 15) is 5.11 Å². The van der Waals surface area contributed by atoms with Crippen LogP contribution in [0.2, 0.25) is 0 Å². The van der Waals surface area contributed by atoms with Gasteiger partial charge in [0.25, 0.3) is 0 Å². The van der Waals surface area contributed by atoms with Crippen LogP contribution in [0.1, 0.15) is 32.8 Å². The molecule has 0 amide bonds. The molecule has 0 aromatic heterocycles. The first kappa shape index (κ1) is 18.5. The van der Waals surface area contributed by atoms with E-state index in [1.165, 1.54) is 5.56 Å². The Morgan fingerprint density at radius 2 is 1.85 bits per heavy atom. The van der Waals surface area contributed by atoms with Crippen molar-refractivity contribution in [2.45, 2.75) is 45.5 Å². The normalized spacial score (nSPS) is 18.5. The van der Waals surface area contributed by atoms with Crippen LogP contribution < -0.4 is 15.3 Å². The maximum atomic E-state index is 10.8. The number of hydrogen-bond donors (Lipinski definition) is 1. The molecule has 0 radical (unpaired) electrons. The molecule has 0 spiro atoms. The lowest BCUT2D eigenvalue weighted by Crippen LogP contribution is -2.46. The van der Waals surface area contributed by atoms with Gasteiger partial charge in [0, 0.05) is 24.4 Å². The first-order valence-corrected chi connectivity index (χ1v) is 9.15. The van der Waals surface area contributed by atoms with Crippen LogP contribution in [0.5, 0.6) is 5.75 Å². The molecule has 1 aliphatic rings. The highest BCUT2D eigenvalue weighted by Crippen LogP contribution is 2.26. The van der Waals surface area contributed by atoms with Crippen molar-refractivity contribution in [2.75, 3.05) is 7.11 Å². The predicted molar refractivity (Wildman–Crippen MR) is 104 cm³/mol. The third kappa shape index (κ3) is 4.07. The summed E-state index contributed by atoms with van der Waals surface area (Å²) >= 11 is 0. The van der Waals surface area contributed by atoms with Crippen LogP contribution in [0.4, 0.5) is 0 Å². The maximum Gasteiger partial charge on any atom is 0.124 e. The number of aliphatic hydroxyl groups is 1. The number of benzene rings is 2. The highest BCUT2D eigenvalue weighted by molar-refractivity contribution is 5.30. The van der Waals surface area contributed by atoms with Gasteiger partial charge in [-0.1, -0.05) is 44.2 Å². The molecular weight excluding hydrogens is 324 g/mol. The van der Waals surface area contributed by atoms with Gasteiger partial charge in [-0.05, 0) is 36.6 Å². The van der Waals surface area contributed by atoms with Crippen molar-refractivity contribution < 1.29 is 9.84 Å². The third-order valence-corrected chi connectivity index (χ3v) is 5.28. The van der Waals surface area contributed by atoms with Crippen LogP contribution in [0.25, 0.3) is 6.20 Å². The Balaban J connectivity index is 1.91. The fraction of sp³-hybridized carbons (Fsp3) is 0.409. The molecule has 1 heterocycles. The highest BCUT2D eigenvalue weighted by Gasteiger charge is 2.31. The Morgan fingerprint density at radius 3 is 2.50 bits per heavy atom. The van der Waals surface area contributed by atoms with Gasteiger partial charge in [0.15, 0.2) is 0 Å². The molecule has 0 bridgehead atoms. The largest absolute Gasteiger partial charge is 0.497 e. The zero-order chi connectivity index (χ0) is 18.7. The van der Waals surface area contributed by atoms with Crippen molar-refractivity contribution in [3.8, 4) is 5.75 Å². The number of ether oxygens (including phenoxy) is 1. The van der Waals surface area contributed by atoms with Crippen molar-refractivity contribution in [1.82, 2.24) is 4.90 Å². The molecule has 2 aromatic rings. The second-order valence-corrected chi connectivity index (χ2v) is 7.53. The molecule has 138 valence electrons. The average molecular weight is 352 g/mol. The maximum absolute atomic E-state index is 10.8. The highest BCUT2D eigenvalue weighted by atomic mass is 16.5. The number of hydrogen-bond acceptors (Lipinski definition) is 4. The second kappa shape index (κ2) is 7.50. The Bertz CT molecular complexity index is 856. The van der Waals surface area contributed by atoms with Gasteiger partial charge in [-0.25, -0.2) is 0 Å². The fourth-order valence-electron chi connectivity index (χ4n) is 3.07. The van der Waals surface area contributed by atoms with Gasteiger partial charge in [-0.3, -0.25) is 4.99 Å².